The van der Waals surface area contributed by atoms with Gasteiger partial charge in [-0.1, -0.05) is 60.6 Å². The zero-order valence-electron chi connectivity index (χ0n) is 21.7. The second-order valence-corrected chi connectivity index (χ2v) is 14.7. The van der Waals surface area contributed by atoms with Gasteiger partial charge in [0.25, 0.3) is 0 Å². The molecule has 1 nitrogen and oxygen atoms in total. The minimum Gasteiger partial charge on any atom is -0.393 e. The van der Waals surface area contributed by atoms with Crippen molar-refractivity contribution >= 4 is 0 Å². The summed E-state index contributed by atoms with van der Waals surface area (Å²) in [7, 11) is 0. The molecular formula is C30H50O. The van der Waals surface area contributed by atoms with Crippen LogP contribution in [0.1, 0.15) is 113 Å². The highest BCUT2D eigenvalue weighted by Crippen LogP contribution is 2.76. The fourth-order valence-corrected chi connectivity index (χ4v) is 11.4. The number of hydrogen-bond donors (Lipinski definition) is 1. The Hall–Kier alpha value is -0.300. The Bertz CT molecular complexity index is 766. The van der Waals surface area contributed by atoms with Gasteiger partial charge in [-0.25, -0.2) is 0 Å². The molecule has 0 unspecified atom stereocenters. The van der Waals surface area contributed by atoms with E-state index < -0.39 is 0 Å². The van der Waals surface area contributed by atoms with Crippen molar-refractivity contribution < 1.29 is 5.11 Å². The molecule has 0 heterocycles. The quantitative estimate of drug-likeness (QED) is 0.389. The predicted octanol–water partition coefficient (Wildman–Crippen LogP) is 8.02. The Morgan fingerprint density at radius 3 is 2.19 bits per heavy atom. The van der Waals surface area contributed by atoms with Crippen LogP contribution in [0, 0.1) is 56.7 Å². The first-order valence-corrected chi connectivity index (χ1v) is 13.7. The molecule has 10 atom stereocenters. The van der Waals surface area contributed by atoms with Crippen LogP contribution in [0.5, 0.6) is 0 Å². The van der Waals surface area contributed by atoms with Crippen molar-refractivity contribution in [1.82, 2.24) is 0 Å². The van der Waals surface area contributed by atoms with E-state index in [-0.39, 0.29) is 11.5 Å². The first-order valence-electron chi connectivity index (χ1n) is 13.7. The van der Waals surface area contributed by atoms with Crippen LogP contribution in [0.25, 0.3) is 0 Å². The van der Waals surface area contributed by atoms with Crippen LogP contribution in [0.2, 0.25) is 0 Å². The molecule has 0 radical (unpaired) electrons. The van der Waals surface area contributed by atoms with Crippen LogP contribution in [-0.2, 0) is 0 Å². The number of hydrogen-bond acceptors (Lipinski definition) is 1. The Balaban J connectivity index is 1.54. The standard InChI is InChI=1S/C30H50O/c1-19-11-14-27(5)17-18-29(7)21(25(27)20(19)2)9-10-23-28(6)15-13-24(31)26(3,4)22(28)12-16-30(23,29)8/h20-25,31H,1,9-18H2,2-8H3/t20-,21-,22-,23-,24+,25-,27-,28+,29-,30-/m1/s1. The molecule has 1 heteroatoms. The third kappa shape index (κ3) is 2.65. The number of aliphatic hydroxyl groups is 1. The third-order valence-electron chi connectivity index (χ3n) is 13.6. The molecular weight excluding hydrogens is 376 g/mol. The van der Waals surface area contributed by atoms with Gasteiger partial charge in [-0.15, -0.1) is 0 Å². The Morgan fingerprint density at radius 2 is 1.48 bits per heavy atom. The molecule has 0 aromatic carbocycles. The molecule has 5 aliphatic carbocycles. The zero-order chi connectivity index (χ0) is 22.6. The van der Waals surface area contributed by atoms with Crippen LogP contribution in [-0.4, -0.2) is 11.2 Å². The highest BCUT2D eigenvalue weighted by molar-refractivity contribution is 5.21. The summed E-state index contributed by atoms with van der Waals surface area (Å²) in [5.41, 5.74) is 3.43. The van der Waals surface area contributed by atoms with E-state index in [1.165, 1.54) is 63.4 Å². The van der Waals surface area contributed by atoms with Crippen molar-refractivity contribution in [1.29, 1.82) is 0 Å². The maximum atomic E-state index is 10.9. The van der Waals surface area contributed by atoms with Crippen molar-refractivity contribution in [3.05, 3.63) is 12.2 Å². The lowest BCUT2D eigenvalue weighted by Gasteiger charge is -2.73. The molecule has 0 saturated heterocycles. The van der Waals surface area contributed by atoms with Crippen LogP contribution in [0.4, 0.5) is 0 Å². The summed E-state index contributed by atoms with van der Waals surface area (Å²) >= 11 is 0. The summed E-state index contributed by atoms with van der Waals surface area (Å²) in [5.74, 6) is 3.88. The van der Waals surface area contributed by atoms with Crippen LogP contribution < -0.4 is 0 Å². The van der Waals surface area contributed by atoms with Gasteiger partial charge in [0.1, 0.15) is 0 Å². The molecule has 0 spiro atoms. The molecule has 5 saturated carbocycles. The van der Waals surface area contributed by atoms with Gasteiger partial charge in [0.2, 0.25) is 0 Å². The first-order chi connectivity index (χ1) is 14.3. The summed E-state index contributed by atoms with van der Waals surface area (Å²) in [6.45, 7) is 22.6. The number of allylic oxidation sites excluding steroid dienone is 1. The largest absolute Gasteiger partial charge is 0.393 e. The summed E-state index contributed by atoms with van der Waals surface area (Å²) in [4.78, 5) is 0. The van der Waals surface area contributed by atoms with E-state index in [4.69, 9.17) is 0 Å². The van der Waals surface area contributed by atoms with Crippen molar-refractivity contribution in [2.45, 2.75) is 119 Å². The Kier molecular flexibility index (Phi) is 4.82. The van der Waals surface area contributed by atoms with Crippen molar-refractivity contribution in [2.75, 3.05) is 0 Å². The molecule has 0 bridgehead atoms. The van der Waals surface area contributed by atoms with E-state index >= 15 is 0 Å². The van der Waals surface area contributed by atoms with E-state index in [9.17, 15) is 5.11 Å². The fourth-order valence-electron chi connectivity index (χ4n) is 11.4. The topological polar surface area (TPSA) is 20.2 Å². The van der Waals surface area contributed by atoms with Crippen LogP contribution >= 0.6 is 0 Å². The molecule has 31 heavy (non-hydrogen) atoms. The van der Waals surface area contributed by atoms with Gasteiger partial charge in [0.05, 0.1) is 6.10 Å². The minimum atomic E-state index is -0.119. The lowest BCUT2D eigenvalue weighted by Crippen LogP contribution is -2.67. The third-order valence-corrected chi connectivity index (χ3v) is 13.6. The summed E-state index contributed by atoms with van der Waals surface area (Å²) < 4.78 is 0. The number of aliphatic hydroxyl groups excluding tert-OH is 1. The van der Waals surface area contributed by atoms with Crippen molar-refractivity contribution in [3.8, 4) is 0 Å². The number of rotatable bonds is 0. The van der Waals surface area contributed by atoms with Gasteiger partial charge in [-0.2, -0.15) is 0 Å². The zero-order valence-corrected chi connectivity index (χ0v) is 21.7. The normalized spacial score (nSPS) is 58.5. The first kappa shape index (κ1) is 22.5. The molecule has 0 amide bonds. The van der Waals surface area contributed by atoms with E-state index in [1.54, 1.807) is 0 Å². The van der Waals surface area contributed by atoms with Gasteiger partial charge in [0, 0.05) is 0 Å². The fraction of sp³-hybridized carbons (Fsp3) is 0.933. The molecule has 0 aliphatic heterocycles. The van der Waals surface area contributed by atoms with Gasteiger partial charge in [-0.3, -0.25) is 0 Å². The van der Waals surface area contributed by atoms with Crippen molar-refractivity contribution in [3.63, 3.8) is 0 Å². The Morgan fingerprint density at radius 1 is 0.774 bits per heavy atom. The smallest absolute Gasteiger partial charge is 0.0594 e. The van der Waals surface area contributed by atoms with Gasteiger partial charge in [0.15, 0.2) is 0 Å². The molecule has 5 rings (SSSR count). The molecule has 176 valence electrons. The lowest BCUT2D eigenvalue weighted by molar-refractivity contribution is -0.251. The highest BCUT2D eigenvalue weighted by Gasteiger charge is 2.69. The van der Waals surface area contributed by atoms with Gasteiger partial charge in [-0.05, 0) is 121 Å². The van der Waals surface area contributed by atoms with E-state index in [0.29, 0.717) is 33.5 Å². The van der Waals surface area contributed by atoms with Gasteiger partial charge < -0.3 is 5.11 Å². The molecule has 0 aromatic rings. The maximum absolute atomic E-state index is 10.9. The summed E-state index contributed by atoms with van der Waals surface area (Å²) in [6, 6.07) is 0. The minimum absolute atomic E-state index is 0.0623. The van der Waals surface area contributed by atoms with Crippen LogP contribution in [0.3, 0.4) is 0 Å². The Labute approximate surface area is 192 Å². The van der Waals surface area contributed by atoms with E-state index in [1.807, 2.05) is 0 Å². The average Bonchev–Trinajstić information content (AvgIpc) is 2.69. The molecule has 5 aliphatic rings. The van der Waals surface area contributed by atoms with Crippen LogP contribution in [0.15, 0.2) is 12.2 Å². The second-order valence-electron chi connectivity index (χ2n) is 14.7. The van der Waals surface area contributed by atoms with Crippen molar-refractivity contribution in [2.24, 2.45) is 56.7 Å². The summed E-state index contributed by atoms with van der Waals surface area (Å²) in [5, 5.41) is 10.9. The second kappa shape index (κ2) is 6.64. The number of fused-ring (bicyclic) bond motifs is 7. The molecule has 1 N–H and O–H groups in total. The average molecular weight is 427 g/mol. The molecule has 0 aromatic heterocycles. The van der Waals surface area contributed by atoms with E-state index in [0.717, 1.165) is 24.2 Å². The monoisotopic (exact) mass is 426 g/mol. The SMILES string of the molecule is C=C1CC[C@]2(C)CC[C@]3(C)[C@H](CC[C@@H]4[C@@]5(C)CC[C@H](O)C(C)(C)[C@H]5CC[C@]43C)[C@H]2[C@@H]1C. The molecule has 5 fully saturated rings. The highest BCUT2D eigenvalue weighted by atomic mass is 16.3. The van der Waals surface area contributed by atoms with Gasteiger partial charge >= 0.3 is 0 Å². The lowest BCUT2D eigenvalue weighted by atomic mass is 9.31. The predicted molar refractivity (Wildman–Crippen MR) is 131 cm³/mol. The summed E-state index contributed by atoms with van der Waals surface area (Å²) in [6.07, 6.45) is 13.2. The maximum Gasteiger partial charge on any atom is 0.0594 e. The van der Waals surface area contributed by atoms with E-state index in [2.05, 4.69) is 55.0 Å².